The summed E-state index contributed by atoms with van der Waals surface area (Å²) in [6.45, 7) is 10.3. The third-order valence-electron chi connectivity index (χ3n) is 1.37. The second-order valence-corrected chi connectivity index (χ2v) is 3.92. The zero-order valence-electron chi connectivity index (χ0n) is 8.18. The van der Waals surface area contributed by atoms with Gasteiger partial charge in [-0.1, -0.05) is 6.58 Å². The summed E-state index contributed by atoms with van der Waals surface area (Å²) in [4.78, 5) is 11.2. The first kappa shape index (κ1) is 11.2. The van der Waals surface area contributed by atoms with E-state index in [1.54, 1.807) is 33.8 Å². The standard InChI is InChI=1S/C9H17NO2/c1-6-8(2,3)12-7(11)9(4,5)10/h6H,1,10H2,2-5H3. The van der Waals surface area contributed by atoms with Gasteiger partial charge in [0, 0.05) is 0 Å². The Morgan fingerprint density at radius 3 is 2.08 bits per heavy atom. The fraction of sp³-hybridized carbons (Fsp3) is 0.667. The highest BCUT2D eigenvalue weighted by atomic mass is 16.6. The summed E-state index contributed by atoms with van der Waals surface area (Å²) in [6.07, 6.45) is 1.57. The van der Waals surface area contributed by atoms with Gasteiger partial charge in [-0.25, -0.2) is 0 Å². The van der Waals surface area contributed by atoms with E-state index in [2.05, 4.69) is 6.58 Å². The molecule has 2 N–H and O–H groups in total. The summed E-state index contributed by atoms with van der Waals surface area (Å²) >= 11 is 0. The molecule has 12 heavy (non-hydrogen) atoms. The maximum atomic E-state index is 11.2. The molecule has 70 valence electrons. The molecule has 0 bridgehead atoms. The molecule has 0 heterocycles. The minimum absolute atomic E-state index is 0.424. The van der Waals surface area contributed by atoms with E-state index in [-0.39, 0.29) is 0 Å². The first-order valence-corrected chi connectivity index (χ1v) is 3.85. The maximum absolute atomic E-state index is 11.2. The van der Waals surface area contributed by atoms with Crippen LogP contribution in [0.3, 0.4) is 0 Å². The van der Waals surface area contributed by atoms with Crippen LogP contribution < -0.4 is 5.73 Å². The molecule has 0 radical (unpaired) electrons. The fourth-order valence-corrected chi connectivity index (χ4v) is 0.412. The van der Waals surface area contributed by atoms with Crippen LogP contribution in [0.2, 0.25) is 0 Å². The predicted molar refractivity (Wildman–Crippen MR) is 48.6 cm³/mol. The smallest absolute Gasteiger partial charge is 0.326 e. The second kappa shape index (κ2) is 3.27. The fourth-order valence-electron chi connectivity index (χ4n) is 0.412. The zero-order valence-corrected chi connectivity index (χ0v) is 8.18. The number of carbonyl (C=O) groups is 1. The lowest BCUT2D eigenvalue weighted by Crippen LogP contribution is -2.45. The maximum Gasteiger partial charge on any atom is 0.326 e. The summed E-state index contributed by atoms with van der Waals surface area (Å²) in [5.74, 6) is -0.424. The van der Waals surface area contributed by atoms with Crippen molar-refractivity contribution in [2.45, 2.75) is 38.8 Å². The number of nitrogens with two attached hydrogens (primary N) is 1. The van der Waals surface area contributed by atoms with E-state index in [4.69, 9.17) is 10.5 Å². The molecule has 0 saturated carbocycles. The zero-order chi connectivity index (χ0) is 9.99. The lowest BCUT2D eigenvalue weighted by molar-refractivity contribution is -0.157. The molecule has 0 spiro atoms. The molecule has 0 aromatic carbocycles. The van der Waals surface area contributed by atoms with Gasteiger partial charge >= 0.3 is 5.97 Å². The monoisotopic (exact) mass is 171 g/mol. The summed E-state index contributed by atoms with van der Waals surface area (Å²) in [7, 11) is 0. The molecule has 0 aliphatic heterocycles. The highest BCUT2D eigenvalue weighted by molar-refractivity contribution is 5.79. The minimum Gasteiger partial charge on any atom is -0.454 e. The highest BCUT2D eigenvalue weighted by Gasteiger charge is 2.28. The number of carbonyl (C=O) groups excluding carboxylic acids is 1. The van der Waals surface area contributed by atoms with Crippen LogP contribution in [0.5, 0.6) is 0 Å². The Balaban J connectivity index is 4.29. The van der Waals surface area contributed by atoms with Gasteiger partial charge < -0.3 is 10.5 Å². The van der Waals surface area contributed by atoms with Crippen molar-refractivity contribution in [2.75, 3.05) is 0 Å². The summed E-state index contributed by atoms with van der Waals surface area (Å²) in [5, 5.41) is 0. The van der Waals surface area contributed by atoms with Gasteiger partial charge in [-0.15, -0.1) is 0 Å². The molecular formula is C9H17NO2. The molecule has 0 aliphatic carbocycles. The van der Waals surface area contributed by atoms with Gasteiger partial charge in [0.1, 0.15) is 11.1 Å². The molecule has 0 unspecified atom stereocenters. The average Bonchev–Trinajstić information content (AvgIpc) is 1.85. The van der Waals surface area contributed by atoms with Gasteiger partial charge in [0.05, 0.1) is 0 Å². The Morgan fingerprint density at radius 2 is 1.83 bits per heavy atom. The minimum atomic E-state index is -0.944. The molecule has 0 fully saturated rings. The van der Waals surface area contributed by atoms with Crippen LogP contribution in [-0.4, -0.2) is 17.1 Å². The normalized spacial score (nSPS) is 12.4. The Morgan fingerprint density at radius 1 is 1.42 bits per heavy atom. The Kier molecular flexibility index (Phi) is 3.04. The third-order valence-corrected chi connectivity index (χ3v) is 1.37. The molecule has 0 atom stereocenters. The molecule has 0 amide bonds. The SMILES string of the molecule is C=CC(C)(C)OC(=O)C(C)(C)N. The van der Waals surface area contributed by atoms with Crippen LogP contribution in [0.4, 0.5) is 0 Å². The quantitative estimate of drug-likeness (QED) is 0.513. The van der Waals surface area contributed by atoms with Crippen molar-refractivity contribution in [3.8, 4) is 0 Å². The number of ether oxygens (including phenoxy) is 1. The summed E-state index contributed by atoms with van der Waals surface area (Å²) in [6, 6.07) is 0. The molecule has 3 nitrogen and oxygen atoms in total. The van der Waals surface area contributed by atoms with Gasteiger partial charge in [-0.3, -0.25) is 4.79 Å². The molecule has 0 aromatic heterocycles. The van der Waals surface area contributed by atoms with Crippen molar-refractivity contribution in [3.63, 3.8) is 0 Å². The molecule has 0 aromatic rings. The molecule has 0 saturated heterocycles. The third kappa shape index (κ3) is 3.53. The molecule has 0 aliphatic rings. The number of esters is 1. The Labute approximate surface area is 73.6 Å². The van der Waals surface area contributed by atoms with Gasteiger partial charge in [0.15, 0.2) is 0 Å². The van der Waals surface area contributed by atoms with E-state index in [1.165, 1.54) is 0 Å². The largest absolute Gasteiger partial charge is 0.454 e. The van der Waals surface area contributed by atoms with Crippen LogP contribution in [0, 0.1) is 0 Å². The lowest BCUT2D eigenvalue weighted by atomic mass is 10.1. The van der Waals surface area contributed by atoms with Crippen molar-refractivity contribution in [3.05, 3.63) is 12.7 Å². The van der Waals surface area contributed by atoms with Crippen molar-refractivity contribution in [1.29, 1.82) is 0 Å². The summed E-state index contributed by atoms with van der Waals surface area (Å²) in [5.41, 5.74) is 3.94. The van der Waals surface area contributed by atoms with E-state index in [1.807, 2.05) is 0 Å². The van der Waals surface area contributed by atoms with E-state index >= 15 is 0 Å². The summed E-state index contributed by atoms with van der Waals surface area (Å²) < 4.78 is 5.07. The predicted octanol–water partition coefficient (Wildman–Crippen LogP) is 1.23. The van der Waals surface area contributed by atoms with E-state index < -0.39 is 17.1 Å². The molecular weight excluding hydrogens is 154 g/mol. The van der Waals surface area contributed by atoms with E-state index in [9.17, 15) is 4.79 Å². The van der Waals surface area contributed by atoms with Crippen LogP contribution in [0.15, 0.2) is 12.7 Å². The van der Waals surface area contributed by atoms with Crippen molar-refractivity contribution >= 4 is 5.97 Å². The first-order chi connectivity index (χ1) is 5.19. The highest BCUT2D eigenvalue weighted by Crippen LogP contribution is 2.13. The lowest BCUT2D eigenvalue weighted by Gasteiger charge is -2.26. The van der Waals surface area contributed by atoms with Crippen LogP contribution in [-0.2, 0) is 9.53 Å². The van der Waals surface area contributed by atoms with Gasteiger partial charge in [0.25, 0.3) is 0 Å². The van der Waals surface area contributed by atoms with E-state index in [0.717, 1.165) is 0 Å². The van der Waals surface area contributed by atoms with E-state index in [0.29, 0.717) is 0 Å². The van der Waals surface area contributed by atoms with Crippen molar-refractivity contribution in [2.24, 2.45) is 5.73 Å². The number of hydrogen-bond acceptors (Lipinski definition) is 3. The van der Waals surface area contributed by atoms with Crippen LogP contribution in [0.1, 0.15) is 27.7 Å². The van der Waals surface area contributed by atoms with Crippen molar-refractivity contribution in [1.82, 2.24) is 0 Å². The Hall–Kier alpha value is -0.830. The van der Waals surface area contributed by atoms with Gasteiger partial charge in [-0.2, -0.15) is 0 Å². The van der Waals surface area contributed by atoms with Crippen LogP contribution >= 0.6 is 0 Å². The first-order valence-electron chi connectivity index (χ1n) is 3.85. The van der Waals surface area contributed by atoms with Gasteiger partial charge in [0.2, 0.25) is 0 Å². The molecule has 3 heteroatoms. The van der Waals surface area contributed by atoms with Gasteiger partial charge in [-0.05, 0) is 33.8 Å². The molecule has 0 rings (SSSR count). The Bertz CT molecular complexity index is 189. The number of hydrogen-bond donors (Lipinski definition) is 1. The topological polar surface area (TPSA) is 52.3 Å². The second-order valence-electron chi connectivity index (χ2n) is 3.92. The van der Waals surface area contributed by atoms with Crippen molar-refractivity contribution < 1.29 is 9.53 Å². The average molecular weight is 171 g/mol. The van der Waals surface area contributed by atoms with Crippen LogP contribution in [0.25, 0.3) is 0 Å². The number of rotatable bonds is 3.